The summed E-state index contributed by atoms with van der Waals surface area (Å²) in [6.07, 6.45) is 9.51. The van der Waals surface area contributed by atoms with Crippen LogP contribution in [0.1, 0.15) is 45.4 Å². The molecule has 6 rings (SSSR count). The Bertz CT molecular complexity index is 900. The third-order valence-corrected chi connectivity index (χ3v) is 7.89. The highest BCUT2D eigenvalue weighted by molar-refractivity contribution is 7.99. The molecule has 0 radical (unpaired) electrons. The molecule has 7 nitrogen and oxygen atoms in total. The number of aromatic amines is 2. The van der Waals surface area contributed by atoms with E-state index in [1.807, 2.05) is 0 Å². The molecule has 8 heteroatoms. The third-order valence-electron chi connectivity index (χ3n) is 7.02. The molecule has 0 saturated heterocycles. The van der Waals surface area contributed by atoms with Gasteiger partial charge in [0.05, 0.1) is 11.9 Å². The lowest BCUT2D eigenvalue weighted by Crippen LogP contribution is -2.56. The fourth-order valence-corrected chi connectivity index (χ4v) is 6.84. The molecule has 0 aromatic carbocycles. The minimum Gasteiger partial charge on any atom is -0.352 e. The van der Waals surface area contributed by atoms with Gasteiger partial charge < -0.3 is 10.3 Å². The molecule has 0 spiro atoms. The fourth-order valence-electron chi connectivity index (χ4n) is 6.17. The summed E-state index contributed by atoms with van der Waals surface area (Å²) in [5.41, 5.74) is 0.512. The first-order valence-corrected chi connectivity index (χ1v) is 10.8. The number of carbonyl (C=O) groups excluding carboxylic acids is 1. The van der Waals surface area contributed by atoms with Crippen LogP contribution in [-0.2, 0) is 4.79 Å². The molecular weight excluding hydrogens is 362 g/mol. The normalized spacial score (nSPS) is 32.7. The summed E-state index contributed by atoms with van der Waals surface area (Å²) in [6.45, 7) is 2.19. The minimum atomic E-state index is -0.237. The van der Waals surface area contributed by atoms with Gasteiger partial charge >= 0.3 is 0 Å². The Morgan fingerprint density at radius 1 is 1.30 bits per heavy atom. The van der Waals surface area contributed by atoms with Gasteiger partial charge in [-0.15, -0.1) is 0 Å². The van der Waals surface area contributed by atoms with Crippen molar-refractivity contribution in [3.8, 4) is 0 Å². The molecule has 4 bridgehead atoms. The van der Waals surface area contributed by atoms with Crippen LogP contribution in [0.25, 0.3) is 11.0 Å². The van der Waals surface area contributed by atoms with Crippen LogP contribution >= 0.6 is 11.8 Å². The summed E-state index contributed by atoms with van der Waals surface area (Å²) in [5.74, 6) is 2.89. The van der Waals surface area contributed by atoms with Gasteiger partial charge in [-0.2, -0.15) is 5.10 Å². The summed E-state index contributed by atoms with van der Waals surface area (Å²) in [5, 5.41) is 10.7. The molecule has 2 aromatic rings. The minimum absolute atomic E-state index is 0.00982. The first-order chi connectivity index (χ1) is 13.0. The maximum absolute atomic E-state index is 12.5. The maximum Gasteiger partial charge on any atom is 0.262 e. The zero-order valence-corrected chi connectivity index (χ0v) is 16.3. The lowest BCUT2D eigenvalue weighted by atomic mass is 9.48. The maximum atomic E-state index is 12.5. The Labute approximate surface area is 161 Å². The van der Waals surface area contributed by atoms with E-state index < -0.39 is 0 Å². The number of fused-ring (bicyclic) bond motifs is 1. The van der Waals surface area contributed by atoms with Crippen LogP contribution in [0, 0.1) is 23.2 Å². The standard InChI is InChI=1S/C19H25N5O2S/c1-10(19-5-11-2-12(6-19)4-13(3-11)7-19)21-15(25)9-27-18-22-16-14(8-20-24-16)17(26)23-18/h8,10-13H,2-7,9H2,1H3,(H,21,25)(H2,20,22,23,24,26)/t10-,11?,12?,13?,19?/m0/s1. The molecular formula is C19H25N5O2S. The SMILES string of the molecule is C[C@H](NC(=O)CSc1nc2[nH]ncc2c(=O)[nH]1)C12CC3CC(CC(C3)C1)C2. The van der Waals surface area contributed by atoms with Gasteiger partial charge in [0.15, 0.2) is 10.8 Å². The van der Waals surface area contributed by atoms with Gasteiger partial charge in [-0.25, -0.2) is 4.98 Å². The van der Waals surface area contributed by atoms with Crippen LogP contribution in [0.5, 0.6) is 0 Å². The van der Waals surface area contributed by atoms with Gasteiger partial charge in [0.2, 0.25) is 5.91 Å². The Kier molecular flexibility index (Phi) is 4.07. The predicted molar refractivity (Wildman–Crippen MR) is 103 cm³/mol. The van der Waals surface area contributed by atoms with Gasteiger partial charge in [-0.1, -0.05) is 11.8 Å². The van der Waals surface area contributed by atoms with E-state index in [2.05, 4.69) is 32.4 Å². The largest absolute Gasteiger partial charge is 0.352 e. The molecule has 4 saturated carbocycles. The van der Waals surface area contributed by atoms with Crippen molar-refractivity contribution in [1.82, 2.24) is 25.5 Å². The van der Waals surface area contributed by atoms with E-state index in [0.29, 0.717) is 21.6 Å². The van der Waals surface area contributed by atoms with E-state index in [-0.39, 0.29) is 23.3 Å². The van der Waals surface area contributed by atoms with Gasteiger partial charge in [0.1, 0.15) is 5.39 Å². The van der Waals surface area contributed by atoms with E-state index in [1.54, 1.807) is 0 Å². The highest BCUT2D eigenvalue weighted by atomic mass is 32.2. The Hall–Kier alpha value is -1.83. The summed E-state index contributed by atoms with van der Waals surface area (Å²) in [6, 6.07) is 0.209. The molecule has 4 aliphatic carbocycles. The molecule has 27 heavy (non-hydrogen) atoms. The van der Waals surface area contributed by atoms with Crippen molar-refractivity contribution in [2.45, 2.75) is 56.6 Å². The van der Waals surface area contributed by atoms with Crippen molar-refractivity contribution in [3.05, 3.63) is 16.6 Å². The van der Waals surface area contributed by atoms with Crippen molar-refractivity contribution < 1.29 is 4.79 Å². The second-order valence-electron chi connectivity index (χ2n) is 8.86. The number of hydrogen-bond acceptors (Lipinski definition) is 5. The number of H-pyrrole nitrogens is 2. The molecule has 0 aliphatic heterocycles. The molecule has 2 heterocycles. The third kappa shape index (κ3) is 3.07. The zero-order chi connectivity index (χ0) is 18.6. The first kappa shape index (κ1) is 17.3. The monoisotopic (exact) mass is 387 g/mol. The average molecular weight is 388 g/mol. The highest BCUT2D eigenvalue weighted by Crippen LogP contribution is 2.61. The van der Waals surface area contributed by atoms with E-state index in [9.17, 15) is 9.59 Å². The number of nitrogens with one attached hydrogen (secondary N) is 3. The van der Waals surface area contributed by atoms with E-state index >= 15 is 0 Å². The molecule has 1 atom stereocenters. The number of nitrogens with zero attached hydrogens (tertiary/aromatic N) is 2. The van der Waals surface area contributed by atoms with E-state index in [4.69, 9.17) is 0 Å². The average Bonchev–Trinajstić information content (AvgIpc) is 3.08. The molecule has 3 N–H and O–H groups in total. The van der Waals surface area contributed by atoms with Crippen molar-refractivity contribution in [1.29, 1.82) is 0 Å². The number of thioether (sulfide) groups is 1. The van der Waals surface area contributed by atoms with Crippen molar-refractivity contribution >= 4 is 28.7 Å². The summed E-state index contributed by atoms with van der Waals surface area (Å²) in [7, 11) is 0. The highest BCUT2D eigenvalue weighted by Gasteiger charge is 2.53. The Morgan fingerprint density at radius 3 is 2.63 bits per heavy atom. The Morgan fingerprint density at radius 2 is 1.96 bits per heavy atom. The fraction of sp³-hybridized carbons (Fsp3) is 0.684. The van der Waals surface area contributed by atoms with Crippen LogP contribution in [0.2, 0.25) is 0 Å². The molecule has 2 aromatic heterocycles. The number of rotatable bonds is 5. The number of amides is 1. The second-order valence-corrected chi connectivity index (χ2v) is 9.83. The molecule has 0 unspecified atom stereocenters. The lowest BCUT2D eigenvalue weighted by Gasteiger charge is -2.59. The Balaban J connectivity index is 1.22. The van der Waals surface area contributed by atoms with Gasteiger partial charge in [-0.05, 0) is 68.6 Å². The van der Waals surface area contributed by atoms with Crippen LogP contribution in [0.15, 0.2) is 16.1 Å². The predicted octanol–water partition coefficient (Wildman–Crippen LogP) is 2.46. The van der Waals surface area contributed by atoms with Gasteiger partial charge in [0, 0.05) is 6.04 Å². The van der Waals surface area contributed by atoms with Crippen molar-refractivity contribution in [2.75, 3.05) is 5.75 Å². The van der Waals surface area contributed by atoms with Gasteiger partial charge in [-0.3, -0.25) is 14.7 Å². The number of aromatic nitrogens is 4. The smallest absolute Gasteiger partial charge is 0.262 e. The number of hydrogen-bond donors (Lipinski definition) is 3. The van der Waals surface area contributed by atoms with Crippen molar-refractivity contribution in [2.24, 2.45) is 23.2 Å². The molecule has 4 aliphatic rings. The van der Waals surface area contributed by atoms with Gasteiger partial charge in [0.25, 0.3) is 5.56 Å². The molecule has 144 valence electrons. The van der Waals surface area contributed by atoms with Crippen LogP contribution in [0.4, 0.5) is 0 Å². The molecule has 4 fully saturated rings. The van der Waals surface area contributed by atoms with Crippen LogP contribution < -0.4 is 10.9 Å². The topological polar surface area (TPSA) is 104 Å². The molecule has 1 amide bonds. The van der Waals surface area contributed by atoms with E-state index in [1.165, 1.54) is 56.5 Å². The lowest BCUT2D eigenvalue weighted by molar-refractivity contribution is -0.123. The second kappa shape index (κ2) is 6.36. The van der Waals surface area contributed by atoms with Crippen LogP contribution in [0.3, 0.4) is 0 Å². The summed E-state index contributed by atoms with van der Waals surface area (Å²) < 4.78 is 0. The summed E-state index contributed by atoms with van der Waals surface area (Å²) >= 11 is 1.25. The number of carbonyl (C=O) groups is 1. The van der Waals surface area contributed by atoms with Crippen LogP contribution in [-0.4, -0.2) is 37.9 Å². The van der Waals surface area contributed by atoms with Crippen molar-refractivity contribution in [3.63, 3.8) is 0 Å². The quantitative estimate of drug-likeness (QED) is 0.540. The first-order valence-electron chi connectivity index (χ1n) is 9.86. The van der Waals surface area contributed by atoms with E-state index in [0.717, 1.165) is 17.8 Å². The summed E-state index contributed by atoms with van der Waals surface area (Å²) in [4.78, 5) is 31.5. The zero-order valence-electron chi connectivity index (χ0n) is 15.5.